The van der Waals surface area contributed by atoms with E-state index in [-0.39, 0.29) is 5.97 Å². The minimum Gasteiger partial charge on any atom is -0.462 e. The van der Waals surface area contributed by atoms with Gasteiger partial charge in [-0.1, -0.05) is 36.9 Å². The van der Waals surface area contributed by atoms with Gasteiger partial charge in [0.05, 0.1) is 12.2 Å². The summed E-state index contributed by atoms with van der Waals surface area (Å²) >= 11 is 0. The van der Waals surface area contributed by atoms with Gasteiger partial charge in [0.1, 0.15) is 0 Å². The zero-order valence-corrected chi connectivity index (χ0v) is 8.82. The number of esters is 1. The highest BCUT2D eigenvalue weighted by Gasteiger charge is 2.09. The molecule has 78 valence electrons. The van der Waals surface area contributed by atoms with E-state index < -0.39 is 0 Å². The van der Waals surface area contributed by atoms with Gasteiger partial charge < -0.3 is 4.74 Å². The average Bonchev–Trinajstić information content (AvgIpc) is 2.27. The van der Waals surface area contributed by atoms with E-state index >= 15 is 0 Å². The summed E-state index contributed by atoms with van der Waals surface area (Å²) in [6.45, 7) is 5.65. The number of rotatable bonds is 4. The molecular formula is C13H14O2. The first-order valence-electron chi connectivity index (χ1n) is 4.88. The zero-order valence-electron chi connectivity index (χ0n) is 8.82. The highest BCUT2D eigenvalue weighted by atomic mass is 16.5. The van der Waals surface area contributed by atoms with Crippen LogP contribution < -0.4 is 0 Å². The highest BCUT2D eigenvalue weighted by Crippen LogP contribution is 2.08. The van der Waals surface area contributed by atoms with Crippen molar-refractivity contribution < 1.29 is 9.53 Å². The summed E-state index contributed by atoms with van der Waals surface area (Å²) in [6, 6.07) is 9.71. The maximum Gasteiger partial charge on any atom is 0.342 e. The van der Waals surface area contributed by atoms with Crippen molar-refractivity contribution in [3.8, 4) is 0 Å². The second kappa shape index (κ2) is 5.84. The van der Waals surface area contributed by atoms with Gasteiger partial charge in [0.2, 0.25) is 0 Å². The molecule has 15 heavy (non-hydrogen) atoms. The summed E-state index contributed by atoms with van der Waals surface area (Å²) in [6.07, 6.45) is 0.517. The molecule has 0 saturated heterocycles. The summed E-state index contributed by atoms with van der Waals surface area (Å²) < 4.78 is 4.89. The van der Waals surface area contributed by atoms with Gasteiger partial charge in [-0.15, -0.1) is 5.73 Å². The van der Waals surface area contributed by atoms with Crippen molar-refractivity contribution in [1.29, 1.82) is 0 Å². The van der Waals surface area contributed by atoms with E-state index in [1.165, 1.54) is 0 Å². The molecule has 0 N–H and O–H groups in total. The lowest BCUT2D eigenvalue weighted by Gasteiger charge is -2.04. The third kappa shape index (κ3) is 3.45. The zero-order chi connectivity index (χ0) is 11.1. The van der Waals surface area contributed by atoms with Crippen LogP contribution in [0.5, 0.6) is 0 Å². The van der Waals surface area contributed by atoms with Crippen LogP contribution in [-0.2, 0) is 16.0 Å². The molecule has 0 unspecified atom stereocenters. The van der Waals surface area contributed by atoms with Gasteiger partial charge in [-0.2, -0.15) is 0 Å². The molecule has 0 fully saturated rings. The van der Waals surface area contributed by atoms with Crippen molar-refractivity contribution in [3.63, 3.8) is 0 Å². The molecule has 0 heterocycles. The molecule has 0 aliphatic rings. The van der Waals surface area contributed by atoms with E-state index in [2.05, 4.69) is 12.3 Å². The monoisotopic (exact) mass is 202 g/mol. The van der Waals surface area contributed by atoms with Crippen LogP contribution in [-0.4, -0.2) is 12.6 Å². The minimum absolute atomic E-state index is 0.337. The lowest BCUT2D eigenvalue weighted by atomic mass is 10.1. The Hall–Kier alpha value is -1.79. The van der Waals surface area contributed by atoms with Gasteiger partial charge in [0, 0.05) is 6.42 Å². The molecule has 0 aliphatic heterocycles. The van der Waals surface area contributed by atoms with Gasteiger partial charge in [-0.3, -0.25) is 0 Å². The largest absolute Gasteiger partial charge is 0.462 e. The molecular weight excluding hydrogens is 188 g/mol. The predicted octanol–water partition coefficient (Wildman–Crippen LogP) is 2.50. The molecule has 0 aromatic heterocycles. The molecule has 1 aromatic rings. The Balaban J connectivity index is 2.72. The average molecular weight is 202 g/mol. The van der Waals surface area contributed by atoms with E-state index in [1.807, 2.05) is 30.3 Å². The minimum atomic E-state index is -0.337. The predicted molar refractivity (Wildman–Crippen MR) is 59.4 cm³/mol. The van der Waals surface area contributed by atoms with E-state index in [0.717, 1.165) is 5.56 Å². The van der Waals surface area contributed by atoms with Gasteiger partial charge in [-0.05, 0) is 12.5 Å². The van der Waals surface area contributed by atoms with Crippen LogP contribution in [0.3, 0.4) is 0 Å². The van der Waals surface area contributed by atoms with E-state index in [4.69, 9.17) is 4.74 Å². The molecule has 0 amide bonds. The number of hydrogen-bond donors (Lipinski definition) is 0. The molecule has 2 nitrogen and oxygen atoms in total. The third-order valence-corrected chi connectivity index (χ3v) is 1.96. The Morgan fingerprint density at radius 1 is 1.40 bits per heavy atom. The van der Waals surface area contributed by atoms with Gasteiger partial charge in [0.15, 0.2) is 0 Å². The molecule has 0 bridgehead atoms. The normalized spacial score (nSPS) is 9.13. The Morgan fingerprint density at radius 2 is 2.07 bits per heavy atom. The lowest BCUT2D eigenvalue weighted by Crippen LogP contribution is -2.09. The fraction of sp³-hybridized carbons (Fsp3) is 0.231. The fourth-order valence-electron chi connectivity index (χ4n) is 1.23. The number of carbonyl (C=O) groups is 1. The first-order chi connectivity index (χ1) is 7.27. The van der Waals surface area contributed by atoms with E-state index in [1.54, 1.807) is 6.92 Å². The van der Waals surface area contributed by atoms with Crippen LogP contribution in [0.2, 0.25) is 0 Å². The van der Waals surface area contributed by atoms with Crippen LogP contribution in [0.4, 0.5) is 0 Å². The third-order valence-electron chi connectivity index (χ3n) is 1.96. The summed E-state index contributed by atoms with van der Waals surface area (Å²) in [5.74, 6) is -0.337. The molecule has 0 saturated carbocycles. The second-order valence-electron chi connectivity index (χ2n) is 3.04. The van der Waals surface area contributed by atoms with Gasteiger partial charge >= 0.3 is 5.97 Å². The summed E-state index contributed by atoms with van der Waals surface area (Å²) in [7, 11) is 0. The molecule has 0 atom stereocenters. The maximum atomic E-state index is 11.4. The maximum absolute atomic E-state index is 11.4. The standard InChI is InChI=1S/C13H14O2/c1-3-12(13(14)15-4-2)10-11-8-6-5-7-9-11/h5-9H,1,4,10H2,2H3. The van der Waals surface area contributed by atoms with Crippen molar-refractivity contribution >= 4 is 5.97 Å². The Labute approximate surface area is 89.9 Å². The quantitative estimate of drug-likeness (QED) is 0.426. The van der Waals surface area contributed by atoms with Crippen molar-refractivity contribution in [3.05, 3.63) is 53.8 Å². The van der Waals surface area contributed by atoms with Crippen molar-refractivity contribution in [2.45, 2.75) is 13.3 Å². The fourth-order valence-corrected chi connectivity index (χ4v) is 1.23. The topological polar surface area (TPSA) is 26.3 Å². The second-order valence-corrected chi connectivity index (χ2v) is 3.04. The van der Waals surface area contributed by atoms with Crippen LogP contribution in [0.25, 0.3) is 0 Å². The Kier molecular flexibility index (Phi) is 4.39. The first-order valence-corrected chi connectivity index (χ1v) is 4.88. The van der Waals surface area contributed by atoms with Gasteiger partial charge in [-0.25, -0.2) is 4.79 Å². The van der Waals surface area contributed by atoms with E-state index in [9.17, 15) is 4.79 Å². The molecule has 1 aromatic carbocycles. The number of carbonyl (C=O) groups excluding carboxylic acids is 1. The molecule has 2 heteroatoms. The Morgan fingerprint density at radius 3 is 2.60 bits per heavy atom. The number of ether oxygens (including phenoxy) is 1. The molecule has 1 rings (SSSR count). The number of benzene rings is 1. The summed E-state index contributed by atoms with van der Waals surface area (Å²) in [5.41, 5.74) is 4.15. The molecule has 0 radical (unpaired) electrons. The van der Waals surface area contributed by atoms with Crippen LogP contribution >= 0.6 is 0 Å². The highest BCUT2D eigenvalue weighted by molar-refractivity contribution is 5.88. The number of hydrogen-bond acceptors (Lipinski definition) is 2. The van der Waals surface area contributed by atoms with Crippen molar-refractivity contribution in [2.24, 2.45) is 0 Å². The van der Waals surface area contributed by atoms with Gasteiger partial charge in [0.25, 0.3) is 0 Å². The summed E-state index contributed by atoms with van der Waals surface area (Å²) in [5, 5.41) is 0. The van der Waals surface area contributed by atoms with Crippen LogP contribution in [0, 0.1) is 0 Å². The van der Waals surface area contributed by atoms with E-state index in [0.29, 0.717) is 18.6 Å². The lowest BCUT2D eigenvalue weighted by molar-refractivity contribution is -0.138. The van der Waals surface area contributed by atoms with Crippen molar-refractivity contribution in [2.75, 3.05) is 6.61 Å². The van der Waals surface area contributed by atoms with Crippen molar-refractivity contribution in [1.82, 2.24) is 0 Å². The Bertz CT molecular complexity index is 373. The molecule has 0 spiro atoms. The smallest absolute Gasteiger partial charge is 0.342 e. The SMILES string of the molecule is C=C=C(Cc1ccccc1)C(=O)OCC. The first kappa shape index (κ1) is 11.3. The van der Waals surface area contributed by atoms with Crippen LogP contribution in [0.15, 0.2) is 48.2 Å². The van der Waals surface area contributed by atoms with Crippen LogP contribution in [0.1, 0.15) is 12.5 Å². The molecule has 0 aliphatic carbocycles. The summed E-state index contributed by atoms with van der Waals surface area (Å²) in [4.78, 5) is 11.4.